The Hall–Kier alpha value is -0.790. The lowest BCUT2D eigenvalue weighted by Gasteiger charge is -1.93. The van der Waals surface area contributed by atoms with E-state index in [0.717, 1.165) is 11.3 Å². The van der Waals surface area contributed by atoms with Gasteiger partial charge in [-0.15, -0.1) is 0 Å². The molecule has 0 fully saturated rings. The largest absolute Gasteiger partial charge is 0.325 e. The van der Waals surface area contributed by atoms with E-state index in [1.54, 1.807) is 14.0 Å². The van der Waals surface area contributed by atoms with Gasteiger partial charge in [-0.1, -0.05) is 0 Å². The average Bonchev–Trinajstić information content (AvgIpc) is 1.98. The fourth-order valence-corrected chi connectivity index (χ4v) is 0.889. The predicted molar refractivity (Wildman–Crippen MR) is 34.8 cm³/mol. The Balaban J connectivity index is 3.29. The molecule has 0 bridgehead atoms. The summed E-state index contributed by atoms with van der Waals surface area (Å²) in [6.07, 6.45) is 0. The molecule has 1 rings (SSSR count). The molecule has 0 atom stereocenters. The minimum atomic E-state index is -0.132. The molecule has 1 heterocycles. The molecule has 0 aromatic carbocycles. The van der Waals surface area contributed by atoms with E-state index in [0.29, 0.717) is 0 Å². The summed E-state index contributed by atoms with van der Waals surface area (Å²) >= 11 is 0. The van der Waals surface area contributed by atoms with Gasteiger partial charge in [-0.05, 0) is 19.9 Å². The summed E-state index contributed by atoms with van der Waals surface area (Å²) in [5.74, 6) is -0.132. The number of rotatable bonds is 0. The summed E-state index contributed by atoms with van der Waals surface area (Å²) < 4.78 is 14.3. The number of hydrogen-bond donors (Lipinski definition) is 0. The number of aromatic nitrogens is 1. The van der Waals surface area contributed by atoms with Crippen LogP contribution in [-0.2, 0) is 7.05 Å². The van der Waals surface area contributed by atoms with Gasteiger partial charge in [0.25, 0.3) is 0 Å². The van der Waals surface area contributed by atoms with Crippen LogP contribution in [-0.4, -0.2) is 4.57 Å². The molecule has 0 amide bonds. The second-order valence-corrected chi connectivity index (χ2v) is 2.32. The number of nitrogens with zero attached hydrogens (tertiary/aromatic N) is 1. The van der Waals surface area contributed by atoms with Crippen LogP contribution in [0, 0.1) is 19.8 Å². The number of aryl methyl sites for hydroxylation is 2. The van der Waals surface area contributed by atoms with Crippen LogP contribution in [0.5, 0.6) is 0 Å². The SMILES string of the molecule is Cc1cc(C)n(C)c1F. The Morgan fingerprint density at radius 2 is 2.00 bits per heavy atom. The van der Waals surface area contributed by atoms with E-state index in [1.807, 2.05) is 13.0 Å². The topological polar surface area (TPSA) is 4.93 Å². The molecule has 0 saturated heterocycles. The van der Waals surface area contributed by atoms with Crippen molar-refractivity contribution in [3.8, 4) is 0 Å². The van der Waals surface area contributed by atoms with Gasteiger partial charge in [0, 0.05) is 18.3 Å². The standard InChI is InChI=1S/C7H10FN/c1-5-4-6(2)9(3)7(5)8/h4H,1-3H3. The summed E-state index contributed by atoms with van der Waals surface area (Å²) in [5, 5.41) is 0. The highest BCUT2D eigenvalue weighted by atomic mass is 19.1. The van der Waals surface area contributed by atoms with Crippen LogP contribution in [0.2, 0.25) is 0 Å². The van der Waals surface area contributed by atoms with Crippen molar-refractivity contribution in [3.63, 3.8) is 0 Å². The molecular weight excluding hydrogens is 117 g/mol. The summed E-state index contributed by atoms with van der Waals surface area (Å²) in [6.45, 7) is 3.65. The van der Waals surface area contributed by atoms with E-state index < -0.39 is 0 Å². The Morgan fingerprint density at radius 3 is 2.11 bits per heavy atom. The molecule has 1 aromatic heterocycles. The van der Waals surface area contributed by atoms with E-state index in [1.165, 1.54) is 4.57 Å². The van der Waals surface area contributed by atoms with Crippen molar-refractivity contribution in [3.05, 3.63) is 23.3 Å². The monoisotopic (exact) mass is 127 g/mol. The maximum atomic E-state index is 12.7. The summed E-state index contributed by atoms with van der Waals surface area (Å²) in [7, 11) is 1.72. The molecule has 9 heavy (non-hydrogen) atoms. The highest BCUT2D eigenvalue weighted by Gasteiger charge is 2.02. The molecule has 2 heteroatoms. The van der Waals surface area contributed by atoms with Crippen LogP contribution in [0.4, 0.5) is 4.39 Å². The van der Waals surface area contributed by atoms with E-state index in [4.69, 9.17) is 0 Å². The molecule has 0 aliphatic rings. The third-order valence-electron chi connectivity index (χ3n) is 1.57. The van der Waals surface area contributed by atoms with Gasteiger partial charge >= 0.3 is 0 Å². The van der Waals surface area contributed by atoms with Crippen LogP contribution in [0.15, 0.2) is 6.07 Å². The van der Waals surface area contributed by atoms with Gasteiger partial charge in [0.2, 0.25) is 0 Å². The highest BCUT2D eigenvalue weighted by molar-refractivity contribution is 5.17. The maximum absolute atomic E-state index is 12.7. The summed E-state index contributed by atoms with van der Waals surface area (Å²) in [5.41, 5.74) is 1.68. The van der Waals surface area contributed by atoms with Crippen LogP contribution in [0.3, 0.4) is 0 Å². The molecule has 0 radical (unpaired) electrons. The molecule has 1 nitrogen and oxygen atoms in total. The smallest absolute Gasteiger partial charge is 0.196 e. The molecule has 1 aromatic rings. The maximum Gasteiger partial charge on any atom is 0.196 e. The molecule has 0 aliphatic heterocycles. The van der Waals surface area contributed by atoms with Crippen LogP contribution in [0.1, 0.15) is 11.3 Å². The first-order chi connectivity index (χ1) is 4.13. The lowest BCUT2D eigenvalue weighted by atomic mass is 10.3. The van der Waals surface area contributed by atoms with E-state index in [2.05, 4.69) is 0 Å². The molecule has 50 valence electrons. The fraction of sp³-hybridized carbons (Fsp3) is 0.429. The molecule has 0 unspecified atom stereocenters. The molecule has 0 aliphatic carbocycles. The zero-order valence-electron chi connectivity index (χ0n) is 5.90. The predicted octanol–water partition coefficient (Wildman–Crippen LogP) is 1.78. The van der Waals surface area contributed by atoms with Crippen molar-refractivity contribution in [1.82, 2.24) is 4.57 Å². The Morgan fingerprint density at radius 1 is 1.44 bits per heavy atom. The van der Waals surface area contributed by atoms with E-state index >= 15 is 0 Å². The third-order valence-corrected chi connectivity index (χ3v) is 1.57. The quantitative estimate of drug-likeness (QED) is 0.500. The summed E-state index contributed by atoms with van der Waals surface area (Å²) in [4.78, 5) is 0. The second kappa shape index (κ2) is 1.87. The lowest BCUT2D eigenvalue weighted by molar-refractivity contribution is 0.523. The van der Waals surface area contributed by atoms with Crippen molar-refractivity contribution >= 4 is 0 Å². The van der Waals surface area contributed by atoms with Gasteiger partial charge in [-0.2, -0.15) is 4.39 Å². The van der Waals surface area contributed by atoms with Gasteiger partial charge in [0.1, 0.15) is 0 Å². The van der Waals surface area contributed by atoms with Gasteiger partial charge in [0.05, 0.1) is 0 Å². The van der Waals surface area contributed by atoms with Crippen molar-refractivity contribution < 1.29 is 4.39 Å². The Bertz CT molecular complexity index is 203. The van der Waals surface area contributed by atoms with Gasteiger partial charge < -0.3 is 4.57 Å². The van der Waals surface area contributed by atoms with Crippen LogP contribution >= 0.6 is 0 Å². The zero-order valence-corrected chi connectivity index (χ0v) is 5.90. The Kier molecular flexibility index (Phi) is 1.31. The van der Waals surface area contributed by atoms with Crippen LogP contribution < -0.4 is 0 Å². The first kappa shape index (κ1) is 6.33. The number of halogens is 1. The van der Waals surface area contributed by atoms with E-state index in [-0.39, 0.29) is 5.95 Å². The fourth-order valence-electron chi connectivity index (χ4n) is 0.889. The van der Waals surface area contributed by atoms with Crippen molar-refractivity contribution in [2.45, 2.75) is 13.8 Å². The average molecular weight is 127 g/mol. The second-order valence-electron chi connectivity index (χ2n) is 2.32. The van der Waals surface area contributed by atoms with Crippen molar-refractivity contribution in [2.24, 2.45) is 7.05 Å². The Labute approximate surface area is 54.1 Å². The first-order valence-electron chi connectivity index (χ1n) is 2.91. The molecule has 0 saturated carbocycles. The third kappa shape index (κ3) is 0.846. The minimum absolute atomic E-state index is 0.132. The summed E-state index contributed by atoms with van der Waals surface area (Å²) in [6, 6.07) is 1.83. The van der Waals surface area contributed by atoms with Gasteiger partial charge in [0.15, 0.2) is 5.95 Å². The lowest BCUT2D eigenvalue weighted by Crippen LogP contribution is -1.93. The van der Waals surface area contributed by atoms with Crippen LogP contribution in [0.25, 0.3) is 0 Å². The minimum Gasteiger partial charge on any atom is -0.325 e. The van der Waals surface area contributed by atoms with E-state index in [9.17, 15) is 4.39 Å². The van der Waals surface area contributed by atoms with Crippen molar-refractivity contribution in [1.29, 1.82) is 0 Å². The first-order valence-corrected chi connectivity index (χ1v) is 2.91. The zero-order chi connectivity index (χ0) is 7.02. The molecule has 0 N–H and O–H groups in total. The van der Waals surface area contributed by atoms with Gasteiger partial charge in [-0.25, -0.2) is 0 Å². The molecule has 0 spiro atoms. The van der Waals surface area contributed by atoms with Gasteiger partial charge in [-0.3, -0.25) is 0 Å². The number of hydrogen-bond acceptors (Lipinski definition) is 0. The highest BCUT2D eigenvalue weighted by Crippen LogP contribution is 2.09. The molecular formula is C7H10FN. The normalized spacial score (nSPS) is 10.2. The van der Waals surface area contributed by atoms with Crippen molar-refractivity contribution in [2.75, 3.05) is 0 Å².